The van der Waals surface area contributed by atoms with E-state index in [0.29, 0.717) is 6.04 Å². The zero-order valence-electron chi connectivity index (χ0n) is 14.2. The van der Waals surface area contributed by atoms with E-state index in [4.69, 9.17) is 0 Å². The fourth-order valence-corrected chi connectivity index (χ4v) is 3.46. The third kappa shape index (κ3) is 4.87. The van der Waals surface area contributed by atoms with E-state index < -0.39 is 0 Å². The molecule has 1 aliphatic heterocycles. The van der Waals surface area contributed by atoms with Crippen LogP contribution in [0.2, 0.25) is 0 Å². The highest BCUT2D eigenvalue weighted by Crippen LogP contribution is 2.16. The first-order chi connectivity index (χ1) is 11.8. The van der Waals surface area contributed by atoms with Crippen molar-refractivity contribution in [2.45, 2.75) is 25.4 Å². The van der Waals surface area contributed by atoms with Gasteiger partial charge in [-0.05, 0) is 30.5 Å². The molecule has 24 heavy (non-hydrogen) atoms. The molecule has 1 fully saturated rings. The van der Waals surface area contributed by atoms with Crippen LogP contribution < -0.4 is 0 Å². The summed E-state index contributed by atoms with van der Waals surface area (Å²) in [5.74, 6) is 0. The summed E-state index contributed by atoms with van der Waals surface area (Å²) >= 11 is 0. The molecule has 0 aliphatic carbocycles. The summed E-state index contributed by atoms with van der Waals surface area (Å²) in [6.45, 7) is 5.34. The summed E-state index contributed by atoms with van der Waals surface area (Å²) in [5, 5.41) is 9.44. The predicted molar refractivity (Wildman–Crippen MR) is 96.7 cm³/mol. The molecule has 1 aliphatic rings. The van der Waals surface area contributed by atoms with Gasteiger partial charge in [-0.25, -0.2) is 0 Å². The van der Waals surface area contributed by atoms with Crippen LogP contribution in [0, 0.1) is 0 Å². The lowest BCUT2D eigenvalue weighted by Gasteiger charge is -2.41. The molecule has 0 radical (unpaired) electrons. The lowest BCUT2D eigenvalue weighted by Crippen LogP contribution is -2.53. The Labute approximate surface area is 144 Å². The topological polar surface area (TPSA) is 39.6 Å². The summed E-state index contributed by atoms with van der Waals surface area (Å²) in [6.07, 6.45) is 3.77. The van der Waals surface area contributed by atoms with Crippen molar-refractivity contribution in [3.05, 3.63) is 66.0 Å². The van der Waals surface area contributed by atoms with E-state index in [1.165, 1.54) is 5.56 Å². The van der Waals surface area contributed by atoms with Crippen molar-refractivity contribution in [1.29, 1.82) is 0 Å². The number of nitrogens with zero attached hydrogens (tertiary/aromatic N) is 3. The molecule has 0 amide bonds. The molecule has 0 bridgehead atoms. The molecule has 2 heterocycles. The molecular weight excluding hydrogens is 298 g/mol. The minimum Gasteiger partial charge on any atom is -0.396 e. The van der Waals surface area contributed by atoms with Gasteiger partial charge in [0.1, 0.15) is 0 Å². The summed E-state index contributed by atoms with van der Waals surface area (Å²) in [7, 11) is 0. The van der Waals surface area contributed by atoms with Crippen molar-refractivity contribution < 1.29 is 5.11 Å². The fraction of sp³-hybridized carbons (Fsp3) is 0.450. The monoisotopic (exact) mass is 325 g/mol. The molecule has 0 unspecified atom stereocenters. The van der Waals surface area contributed by atoms with E-state index in [1.54, 1.807) is 0 Å². The number of aliphatic hydroxyl groups is 1. The SMILES string of the molecule is OCC[C@@H]1CN(Cc2ccccn2)CCN1CCc1ccccc1. The van der Waals surface area contributed by atoms with Crippen molar-refractivity contribution in [3.63, 3.8) is 0 Å². The average molecular weight is 325 g/mol. The van der Waals surface area contributed by atoms with Gasteiger partial charge < -0.3 is 5.11 Å². The van der Waals surface area contributed by atoms with E-state index in [-0.39, 0.29) is 6.61 Å². The Bertz CT molecular complexity index is 590. The molecule has 1 atom stereocenters. The number of aromatic nitrogens is 1. The van der Waals surface area contributed by atoms with Crippen LogP contribution in [0.15, 0.2) is 54.7 Å². The van der Waals surface area contributed by atoms with E-state index >= 15 is 0 Å². The average Bonchev–Trinajstić information content (AvgIpc) is 2.63. The number of pyridine rings is 1. The van der Waals surface area contributed by atoms with Crippen LogP contribution in [0.25, 0.3) is 0 Å². The maximum Gasteiger partial charge on any atom is 0.0543 e. The third-order valence-electron chi connectivity index (χ3n) is 4.79. The standard InChI is InChI=1S/C20H27N3O/c24-15-10-20-17-22(16-19-8-4-5-11-21-19)13-14-23(20)12-9-18-6-2-1-3-7-18/h1-8,11,20,24H,9-10,12-17H2/t20-/m1/s1. The number of piperazine rings is 1. The Morgan fingerprint density at radius 2 is 1.88 bits per heavy atom. The second-order valence-electron chi connectivity index (χ2n) is 6.49. The summed E-state index contributed by atoms with van der Waals surface area (Å²) in [4.78, 5) is 9.43. The number of benzene rings is 1. The fourth-order valence-electron chi connectivity index (χ4n) is 3.46. The molecule has 4 nitrogen and oxygen atoms in total. The quantitative estimate of drug-likeness (QED) is 0.847. The van der Waals surface area contributed by atoms with Crippen molar-refractivity contribution in [2.75, 3.05) is 32.8 Å². The minimum atomic E-state index is 0.254. The van der Waals surface area contributed by atoms with Gasteiger partial charge in [0.05, 0.1) is 5.69 Å². The molecule has 1 aromatic carbocycles. The van der Waals surface area contributed by atoms with Crippen LogP contribution in [0.3, 0.4) is 0 Å². The van der Waals surface area contributed by atoms with Gasteiger partial charge in [0, 0.05) is 51.6 Å². The molecule has 0 saturated carbocycles. The van der Waals surface area contributed by atoms with Gasteiger partial charge in [-0.3, -0.25) is 14.8 Å². The Hall–Kier alpha value is -1.75. The maximum absolute atomic E-state index is 9.44. The lowest BCUT2D eigenvalue weighted by molar-refractivity contribution is 0.0556. The van der Waals surface area contributed by atoms with E-state index in [9.17, 15) is 5.11 Å². The van der Waals surface area contributed by atoms with Crippen LogP contribution in [0.4, 0.5) is 0 Å². The van der Waals surface area contributed by atoms with Crippen molar-refractivity contribution in [1.82, 2.24) is 14.8 Å². The molecule has 4 heteroatoms. The number of rotatable bonds is 7. The zero-order valence-corrected chi connectivity index (χ0v) is 14.2. The molecule has 1 N–H and O–H groups in total. The Morgan fingerprint density at radius 3 is 2.62 bits per heavy atom. The second-order valence-corrected chi connectivity index (χ2v) is 6.49. The summed E-state index contributed by atoms with van der Waals surface area (Å²) in [6, 6.07) is 17.2. The third-order valence-corrected chi connectivity index (χ3v) is 4.79. The van der Waals surface area contributed by atoms with Crippen molar-refractivity contribution in [2.24, 2.45) is 0 Å². The van der Waals surface area contributed by atoms with Crippen LogP contribution in [0.5, 0.6) is 0 Å². The predicted octanol–water partition coefficient (Wildman–Crippen LogP) is 2.19. The van der Waals surface area contributed by atoms with Crippen LogP contribution in [-0.4, -0.2) is 58.7 Å². The van der Waals surface area contributed by atoms with Crippen LogP contribution in [0.1, 0.15) is 17.7 Å². The molecule has 128 valence electrons. The largest absolute Gasteiger partial charge is 0.396 e. The Balaban J connectivity index is 1.55. The highest BCUT2D eigenvalue weighted by molar-refractivity contribution is 5.15. The normalized spacial score (nSPS) is 19.5. The van der Waals surface area contributed by atoms with Gasteiger partial charge in [-0.15, -0.1) is 0 Å². The number of hydrogen-bond acceptors (Lipinski definition) is 4. The second kappa shape index (κ2) is 8.92. The highest BCUT2D eigenvalue weighted by Gasteiger charge is 2.26. The Kier molecular flexibility index (Phi) is 6.35. The van der Waals surface area contributed by atoms with Gasteiger partial charge >= 0.3 is 0 Å². The first-order valence-corrected chi connectivity index (χ1v) is 8.86. The first kappa shape index (κ1) is 17.1. The van der Waals surface area contributed by atoms with Gasteiger partial charge in [0.15, 0.2) is 0 Å². The molecule has 2 aromatic rings. The highest BCUT2D eigenvalue weighted by atomic mass is 16.3. The van der Waals surface area contributed by atoms with E-state index in [2.05, 4.69) is 51.2 Å². The van der Waals surface area contributed by atoms with Gasteiger partial charge in [-0.2, -0.15) is 0 Å². The molecule has 1 aromatic heterocycles. The van der Waals surface area contributed by atoms with Crippen molar-refractivity contribution in [3.8, 4) is 0 Å². The van der Waals surface area contributed by atoms with Crippen LogP contribution in [-0.2, 0) is 13.0 Å². The van der Waals surface area contributed by atoms with Gasteiger partial charge in [0.25, 0.3) is 0 Å². The molecule has 3 rings (SSSR count). The zero-order chi connectivity index (χ0) is 16.6. The Morgan fingerprint density at radius 1 is 1.04 bits per heavy atom. The van der Waals surface area contributed by atoms with E-state index in [1.807, 2.05) is 18.3 Å². The van der Waals surface area contributed by atoms with Gasteiger partial charge in [0.2, 0.25) is 0 Å². The lowest BCUT2D eigenvalue weighted by atomic mass is 10.1. The summed E-state index contributed by atoms with van der Waals surface area (Å²) in [5.41, 5.74) is 2.51. The molecular formula is C20H27N3O. The first-order valence-electron chi connectivity index (χ1n) is 8.86. The number of aliphatic hydroxyl groups excluding tert-OH is 1. The van der Waals surface area contributed by atoms with Crippen molar-refractivity contribution >= 4 is 0 Å². The smallest absolute Gasteiger partial charge is 0.0543 e. The van der Waals surface area contributed by atoms with Crippen LogP contribution >= 0.6 is 0 Å². The van der Waals surface area contributed by atoms with E-state index in [0.717, 1.165) is 51.3 Å². The van der Waals surface area contributed by atoms with Gasteiger partial charge in [-0.1, -0.05) is 36.4 Å². The summed E-state index contributed by atoms with van der Waals surface area (Å²) < 4.78 is 0. The minimum absolute atomic E-state index is 0.254. The molecule has 0 spiro atoms. The number of hydrogen-bond donors (Lipinski definition) is 1. The maximum atomic E-state index is 9.44. The molecule has 1 saturated heterocycles.